The number of aliphatic hydroxyl groups excluding tert-OH is 1. The number of rotatable bonds is 7. The number of fused-ring (bicyclic) bond motifs is 1. The number of nitrogens with one attached hydrogen (secondary N) is 2. The van der Waals surface area contributed by atoms with Crippen LogP contribution in [0.1, 0.15) is 47.1 Å². The van der Waals surface area contributed by atoms with Gasteiger partial charge in [-0.1, -0.05) is 15.9 Å². The average Bonchev–Trinajstić information content (AvgIpc) is 2.96. The molecule has 7 heteroatoms. The molecule has 0 aliphatic heterocycles. The second kappa shape index (κ2) is 9.06. The van der Waals surface area contributed by atoms with Crippen molar-refractivity contribution in [3.63, 3.8) is 0 Å². The van der Waals surface area contributed by atoms with Gasteiger partial charge in [0.25, 0.3) is 5.56 Å². The third-order valence-electron chi connectivity index (χ3n) is 5.48. The Morgan fingerprint density at radius 1 is 1.20 bits per heavy atom. The molecule has 0 bridgehead atoms. The van der Waals surface area contributed by atoms with Crippen molar-refractivity contribution in [2.75, 3.05) is 20.6 Å². The normalized spacial score (nSPS) is 13.9. The van der Waals surface area contributed by atoms with Gasteiger partial charge in [0, 0.05) is 52.0 Å². The maximum Gasteiger partial charge on any atom is 0.252 e. The van der Waals surface area contributed by atoms with Gasteiger partial charge in [-0.05, 0) is 71.1 Å². The zero-order chi connectivity index (χ0) is 22.2. The second-order valence-electron chi connectivity index (χ2n) is 8.45. The molecule has 2 aromatic heterocycles. The molecule has 0 radical (unpaired) electrons. The maximum atomic E-state index is 12.3. The molecule has 0 amide bonds. The molecule has 0 spiro atoms. The predicted molar refractivity (Wildman–Crippen MR) is 126 cm³/mol. The Kier molecular flexibility index (Phi) is 6.87. The molecule has 30 heavy (non-hydrogen) atoms. The van der Waals surface area contributed by atoms with E-state index in [2.05, 4.69) is 75.9 Å². The van der Waals surface area contributed by atoms with Gasteiger partial charge in [0.1, 0.15) is 6.23 Å². The highest BCUT2D eigenvalue weighted by Crippen LogP contribution is 2.33. The van der Waals surface area contributed by atoms with E-state index in [1.165, 1.54) is 0 Å². The molecule has 0 fully saturated rings. The van der Waals surface area contributed by atoms with Gasteiger partial charge in [-0.25, -0.2) is 0 Å². The zero-order valence-electron chi connectivity index (χ0n) is 18.5. The summed E-state index contributed by atoms with van der Waals surface area (Å²) >= 11 is 3.60. The number of hydrogen-bond acceptors (Lipinski definition) is 4. The van der Waals surface area contributed by atoms with E-state index < -0.39 is 6.23 Å². The van der Waals surface area contributed by atoms with Gasteiger partial charge in [-0.2, -0.15) is 0 Å². The summed E-state index contributed by atoms with van der Waals surface area (Å²) in [6, 6.07) is 6.27. The minimum absolute atomic E-state index is 0.119. The highest BCUT2D eigenvalue weighted by molar-refractivity contribution is 9.10. The van der Waals surface area contributed by atoms with Gasteiger partial charge < -0.3 is 19.6 Å². The number of likely N-dealkylation sites (N-methyl/N-ethyl adjacent to an activating group) is 1. The van der Waals surface area contributed by atoms with E-state index in [0.29, 0.717) is 5.56 Å². The van der Waals surface area contributed by atoms with E-state index in [1.54, 1.807) is 0 Å². The van der Waals surface area contributed by atoms with E-state index in [4.69, 9.17) is 0 Å². The summed E-state index contributed by atoms with van der Waals surface area (Å²) in [7, 11) is 4.14. The lowest BCUT2D eigenvalue weighted by atomic mass is 10.0. The summed E-state index contributed by atoms with van der Waals surface area (Å²) in [5.41, 5.74) is 5.26. The van der Waals surface area contributed by atoms with Gasteiger partial charge in [0.15, 0.2) is 0 Å². The lowest BCUT2D eigenvalue weighted by Crippen LogP contribution is -2.26. The third-order valence-corrected chi connectivity index (χ3v) is 5.94. The highest BCUT2D eigenvalue weighted by Gasteiger charge is 2.20. The quantitative estimate of drug-likeness (QED) is 0.453. The largest absolute Gasteiger partial charge is 0.374 e. The maximum absolute atomic E-state index is 12.3. The van der Waals surface area contributed by atoms with Crippen LogP contribution in [0, 0.1) is 20.8 Å². The van der Waals surface area contributed by atoms with Crippen molar-refractivity contribution in [3.05, 3.63) is 67.2 Å². The molecule has 2 heterocycles. The van der Waals surface area contributed by atoms with Crippen LogP contribution in [0.4, 0.5) is 0 Å². The number of benzene rings is 1. The van der Waals surface area contributed by atoms with Crippen LogP contribution in [-0.2, 0) is 6.54 Å². The van der Waals surface area contributed by atoms with Crippen LogP contribution >= 0.6 is 15.9 Å². The van der Waals surface area contributed by atoms with Gasteiger partial charge in [0.05, 0.1) is 5.52 Å². The van der Waals surface area contributed by atoms with Crippen molar-refractivity contribution in [3.8, 4) is 0 Å². The van der Waals surface area contributed by atoms with Crippen molar-refractivity contribution in [2.45, 2.75) is 46.5 Å². The highest BCUT2D eigenvalue weighted by atomic mass is 79.9. The molecule has 1 aromatic carbocycles. The van der Waals surface area contributed by atoms with Crippen LogP contribution in [0.2, 0.25) is 0 Å². The van der Waals surface area contributed by atoms with Crippen molar-refractivity contribution >= 4 is 26.8 Å². The van der Waals surface area contributed by atoms with Crippen LogP contribution in [0.25, 0.3) is 10.9 Å². The van der Waals surface area contributed by atoms with E-state index >= 15 is 0 Å². The number of aromatic nitrogens is 2. The minimum Gasteiger partial charge on any atom is -0.374 e. The summed E-state index contributed by atoms with van der Waals surface area (Å²) in [4.78, 5) is 17.3. The summed E-state index contributed by atoms with van der Waals surface area (Å²) in [6.07, 6.45) is 1.25. The Morgan fingerprint density at radius 2 is 1.90 bits per heavy atom. The van der Waals surface area contributed by atoms with E-state index in [9.17, 15) is 9.90 Å². The van der Waals surface area contributed by atoms with Crippen LogP contribution in [-0.4, -0.2) is 40.2 Å². The number of aryl methyl sites for hydroxylation is 3. The number of halogens is 1. The molecule has 0 saturated heterocycles. The first-order valence-electron chi connectivity index (χ1n) is 10.1. The van der Waals surface area contributed by atoms with E-state index in [-0.39, 0.29) is 18.1 Å². The van der Waals surface area contributed by atoms with Crippen molar-refractivity contribution < 1.29 is 5.11 Å². The fourth-order valence-corrected chi connectivity index (χ4v) is 4.66. The summed E-state index contributed by atoms with van der Waals surface area (Å²) < 4.78 is 3.17. The van der Waals surface area contributed by atoms with Crippen molar-refractivity contribution in [1.29, 1.82) is 0 Å². The molecular formula is C23H31BrN4O2. The fraction of sp³-hybridized carbons (Fsp3) is 0.435. The molecule has 0 aliphatic carbocycles. The Morgan fingerprint density at radius 3 is 2.53 bits per heavy atom. The first-order valence-corrected chi connectivity index (χ1v) is 10.9. The minimum atomic E-state index is -0.899. The standard InChI is InChI=1S/C23H31BrN4O2/c1-13-7-15(3)26-23(30)19(13)10-25-22(29)18-8-17(24)9-20-21(18)14(2)11-28(20)16(4)12-27(5)6/h7-9,11,16,22,25,29H,10,12H2,1-6H3,(H,26,30). The molecule has 2 unspecified atom stereocenters. The van der Waals surface area contributed by atoms with Crippen molar-refractivity contribution in [1.82, 2.24) is 19.8 Å². The van der Waals surface area contributed by atoms with Crippen LogP contribution in [0.15, 0.2) is 33.7 Å². The smallest absolute Gasteiger partial charge is 0.252 e. The summed E-state index contributed by atoms with van der Waals surface area (Å²) in [6.45, 7) is 9.25. The Labute approximate surface area is 186 Å². The number of H-pyrrole nitrogens is 1. The summed E-state index contributed by atoms with van der Waals surface area (Å²) in [5, 5.41) is 15.2. The Hall–Kier alpha value is -1.93. The third kappa shape index (κ3) is 4.70. The van der Waals surface area contributed by atoms with E-state index in [1.807, 2.05) is 26.0 Å². The first-order chi connectivity index (χ1) is 14.1. The topological polar surface area (TPSA) is 73.3 Å². The zero-order valence-corrected chi connectivity index (χ0v) is 20.1. The lowest BCUT2D eigenvalue weighted by molar-refractivity contribution is 0.138. The number of pyridine rings is 1. The fourth-order valence-electron chi connectivity index (χ4n) is 4.20. The number of hydrogen-bond donors (Lipinski definition) is 3. The SMILES string of the molecule is Cc1cc(C)c(CNC(O)c2cc(Br)cc3c2c(C)cn3C(C)CN(C)C)c(=O)[nH]1. The molecule has 6 nitrogen and oxygen atoms in total. The van der Waals surface area contributed by atoms with Crippen LogP contribution in [0.3, 0.4) is 0 Å². The van der Waals surface area contributed by atoms with Gasteiger partial charge in [-0.3, -0.25) is 10.1 Å². The Balaban J connectivity index is 1.96. The van der Waals surface area contributed by atoms with Gasteiger partial charge in [0.2, 0.25) is 0 Å². The number of aromatic amines is 1. The number of aliphatic hydroxyl groups is 1. The molecule has 162 valence electrons. The first kappa shape index (κ1) is 22.7. The van der Waals surface area contributed by atoms with Crippen LogP contribution < -0.4 is 10.9 Å². The van der Waals surface area contributed by atoms with Crippen LogP contribution in [0.5, 0.6) is 0 Å². The molecule has 3 N–H and O–H groups in total. The Bertz CT molecular complexity index is 1120. The second-order valence-corrected chi connectivity index (χ2v) is 9.36. The van der Waals surface area contributed by atoms with Gasteiger partial charge in [-0.15, -0.1) is 0 Å². The summed E-state index contributed by atoms with van der Waals surface area (Å²) in [5.74, 6) is 0. The van der Waals surface area contributed by atoms with E-state index in [0.717, 1.165) is 44.3 Å². The molecule has 3 aromatic rings. The molecular weight excluding hydrogens is 444 g/mol. The molecule has 2 atom stereocenters. The molecule has 3 rings (SSSR count). The lowest BCUT2D eigenvalue weighted by Gasteiger charge is -2.21. The predicted octanol–water partition coefficient (Wildman–Crippen LogP) is 3.92. The van der Waals surface area contributed by atoms with Gasteiger partial charge >= 0.3 is 0 Å². The number of nitrogens with zero attached hydrogens (tertiary/aromatic N) is 2. The average molecular weight is 475 g/mol. The molecule has 0 aliphatic rings. The monoisotopic (exact) mass is 474 g/mol. The van der Waals surface area contributed by atoms with Crippen molar-refractivity contribution in [2.24, 2.45) is 0 Å². The molecule has 0 saturated carbocycles.